The van der Waals surface area contributed by atoms with Crippen molar-refractivity contribution < 1.29 is 0 Å². The quantitative estimate of drug-likeness (QED) is 0.455. The van der Waals surface area contributed by atoms with E-state index in [1.807, 2.05) is 48.8 Å². The zero-order valence-electron chi connectivity index (χ0n) is 9.04. The van der Waals surface area contributed by atoms with E-state index in [1.54, 1.807) is 0 Å². The van der Waals surface area contributed by atoms with Crippen molar-refractivity contribution in [3.8, 4) is 0 Å². The molecule has 1 aromatic carbocycles. The van der Waals surface area contributed by atoms with Crippen LogP contribution in [-0.4, -0.2) is 14.4 Å². The molecule has 3 heterocycles. The molecule has 17 heavy (non-hydrogen) atoms. The third kappa shape index (κ3) is 1.11. The van der Waals surface area contributed by atoms with Crippen LogP contribution in [0, 0.1) is 0 Å². The van der Waals surface area contributed by atoms with Crippen LogP contribution in [0.1, 0.15) is 0 Å². The molecule has 3 nitrogen and oxygen atoms in total. The predicted octanol–water partition coefficient (Wildman–Crippen LogP) is 3.04. The van der Waals surface area contributed by atoms with Crippen LogP contribution >= 0.6 is 0 Å². The summed E-state index contributed by atoms with van der Waals surface area (Å²) in [6.45, 7) is 0. The fourth-order valence-corrected chi connectivity index (χ4v) is 2.29. The number of aromatic nitrogens is 3. The van der Waals surface area contributed by atoms with E-state index >= 15 is 0 Å². The highest BCUT2D eigenvalue weighted by molar-refractivity contribution is 6.03. The van der Waals surface area contributed by atoms with Crippen LogP contribution in [0.5, 0.6) is 0 Å². The first kappa shape index (κ1) is 8.70. The van der Waals surface area contributed by atoms with Gasteiger partial charge in [-0.05, 0) is 18.2 Å². The van der Waals surface area contributed by atoms with Crippen LogP contribution in [0.4, 0.5) is 0 Å². The average Bonchev–Trinajstić information content (AvgIpc) is 2.77. The molecular formula is C14H9N3. The van der Waals surface area contributed by atoms with Gasteiger partial charge in [-0.1, -0.05) is 24.3 Å². The van der Waals surface area contributed by atoms with E-state index in [2.05, 4.69) is 20.4 Å². The fourth-order valence-electron chi connectivity index (χ4n) is 2.29. The number of fused-ring (bicyclic) bond motifs is 5. The second kappa shape index (κ2) is 3.04. The Hall–Kier alpha value is -2.42. The van der Waals surface area contributed by atoms with Crippen LogP contribution < -0.4 is 0 Å². The van der Waals surface area contributed by atoms with Crippen molar-refractivity contribution in [2.24, 2.45) is 0 Å². The third-order valence-electron chi connectivity index (χ3n) is 3.04. The Balaban J connectivity index is 2.38. The summed E-state index contributed by atoms with van der Waals surface area (Å²) in [6.07, 6.45) is 3.88. The van der Waals surface area contributed by atoms with Crippen LogP contribution in [0.15, 0.2) is 54.9 Å². The molecule has 0 bridgehead atoms. The Labute approximate surface area is 97.4 Å². The maximum atomic E-state index is 4.57. The molecule has 0 fully saturated rings. The van der Waals surface area contributed by atoms with Crippen molar-refractivity contribution in [3.05, 3.63) is 54.9 Å². The molecule has 4 aromatic rings. The summed E-state index contributed by atoms with van der Waals surface area (Å²) >= 11 is 0. The Morgan fingerprint density at radius 2 is 1.76 bits per heavy atom. The first-order valence-electron chi connectivity index (χ1n) is 5.54. The van der Waals surface area contributed by atoms with Crippen LogP contribution in [0.3, 0.4) is 0 Å². The Morgan fingerprint density at radius 3 is 2.76 bits per heavy atom. The number of imidazole rings is 1. The van der Waals surface area contributed by atoms with Crippen molar-refractivity contribution in [1.29, 1.82) is 0 Å². The van der Waals surface area contributed by atoms with Gasteiger partial charge in [-0.15, -0.1) is 0 Å². The van der Waals surface area contributed by atoms with Gasteiger partial charge in [0.25, 0.3) is 0 Å². The summed E-state index contributed by atoms with van der Waals surface area (Å²) in [4.78, 5) is 8.99. The number of hydrogen-bond donors (Lipinski definition) is 0. The van der Waals surface area contributed by atoms with E-state index in [4.69, 9.17) is 0 Å². The molecule has 0 amide bonds. The lowest BCUT2D eigenvalue weighted by molar-refractivity contribution is 1.23. The minimum absolute atomic E-state index is 0.940. The number of nitrogens with zero attached hydrogens (tertiary/aromatic N) is 3. The predicted molar refractivity (Wildman–Crippen MR) is 68.0 cm³/mol. The van der Waals surface area contributed by atoms with E-state index in [0.29, 0.717) is 0 Å². The van der Waals surface area contributed by atoms with Gasteiger partial charge in [0.05, 0.1) is 17.2 Å². The van der Waals surface area contributed by atoms with E-state index in [0.717, 1.165) is 27.6 Å². The molecule has 0 aliphatic heterocycles. The van der Waals surface area contributed by atoms with Gasteiger partial charge in [-0.3, -0.25) is 9.38 Å². The molecule has 0 unspecified atom stereocenters. The van der Waals surface area contributed by atoms with Crippen LogP contribution in [-0.2, 0) is 0 Å². The van der Waals surface area contributed by atoms with Crippen molar-refractivity contribution >= 4 is 27.6 Å². The Kier molecular flexibility index (Phi) is 1.56. The van der Waals surface area contributed by atoms with Gasteiger partial charge in [-0.2, -0.15) is 0 Å². The van der Waals surface area contributed by atoms with Crippen molar-refractivity contribution in [1.82, 2.24) is 14.4 Å². The smallest absolute Gasteiger partial charge is 0.137 e. The highest BCUT2D eigenvalue weighted by atomic mass is 15.0. The van der Waals surface area contributed by atoms with Gasteiger partial charge in [0.15, 0.2) is 0 Å². The summed E-state index contributed by atoms with van der Waals surface area (Å²) in [5, 5.41) is 1.14. The number of pyridine rings is 2. The first-order valence-corrected chi connectivity index (χ1v) is 5.54. The van der Waals surface area contributed by atoms with E-state index in [1.165, 1.54) is 0 Å². The molecule has 80 valence electrons. The standard InChI is InChI=1S/C14H9N3/c1-2-6-11-10(5-1)14-12(9-15-11)16-13-7-3-4-8-17(13)14/h1-9H. The SMILES string of the molecule is c1ccc2c(c1)ncc1nc3ccccn3c12. The number of hydrogen-bond acceptors (Lipinski definition) is 2. The largest absolute Gasteiger partial charge is 0.299 e. The molecule has 0 spiro atoms. The molecule has 4 rings (SSSR count). The second-order valence-corrected chi connectivity index (χ2v) is 4.05. The molecule has 0 N–H and O–H groups in total. The van der Waals surface area contributed by atoms with Crippen molar-refractivity contribution in [2.45, 2.75) is 0 Å². The van der Waals surface area contributed by atoms with Gasteiger partial charge in [0.1, 0.15) is 11.2 Å². The van der Waals surface area contributed by atoms with E-state index in [9.17, 15) is 0 Å². The Morgan fingerprint density at radius 1 is 0.882 bits per heavy atom. The molecule has 0 atom stereocenters. The average molecular weight is 219 g/mol. The summed E-state index contributed by atoms with van der Waals surface area (Å²) in [6, 6.07) is 14.2. The summed E-state index contributed by atoms with van der Waals surface area (Å²) in [7, 11) is 0. The topological polar surface area (TPSA) is 30.2 Å². The molecule has 0 aliphatic carbocycles. The lowest BCUT2D eigenvalue weighted by Crippen LogP contribution is -1.85. The molecule has 3 aromatic heterocycles. The second-order valence-electron chi connectivity index (χ2n) is 4.05. The van der Waals surface area contributed by atoms with Gasteiger partial charge in [0, 0.05) is 11.6 Å². The molecule has 0 radical (unpaired) electrons. The van der Waals surface area contributed by atoms with Crippen molar-refractivity contribution in [3.63, 3.8) is 0 Å². The fraction of sp³-hybridized carbons (Fsp3) is 0. The summed E-state index contributed by atoms with van der Waals surface area (Å²) in [5.74, 6) is 0. The van der Waals surface area contributed by atoms with Gasteiger partial charge in [0.2, 0.25) is 0 Å². The Bertz CT molecular complexity index is 840. The van der Waals surface area contributed by atoms with Gasteiger partial charge in [-0.25, -0.2) is 4.98 Å². The normalized spacial score (nSPS) is 11.5. The molecular weight excluding hydrogens is 210 g/mol. The first-order chi connectivity index (χ1) is 8.43. The number of rotatable bonds is 0. The zero-order valence-corrected chi connectivity index (χ0v) is 9.04. The van der Waals surface area contributed by atoms with E-state index < -0.39 is 0 Å². The van der Waals surface area contributed by atoms with Crippen LogP contribution in [0.25, 0.3) is 27.6 Å². The van der Waals surface area contributed by atoms with E-state index in [-0.39, 0.29) is 0 Å². The molecule has 0 aliphatic rings. The van der Waals surface area contributed by atoms with Gasteiger partial charge < -0.3 is 0 Å². The zero-order chi connectivity index (χ0) is 11.2. The van der Waals surface area contributed by atoms with Gasteiger partial charge >= 0.3 is 0 Å². The van der Waals surface area contributed by atoms with Crippen LogP contribution in [0.2, 0.25) is 0 Å². The molecule has 0 saturated carbocycles. The highest BCUT2D eigenvalue weighted by Crippen LogP contribution is 2.23. The number of benzene rings is 1. The molecule has 0 saturated heterocycles. The minimum atomic E-state index is 0.940. The maximum absolute atomic E-state index is 4.57. The highest BCUT2D eigenvalue weighted by Gasteiger charge is 2.07. The lowest BCUT2D eigenvalue weighted by atomic mass is 10.2. The number of para-hydroxylation sites is 1. The summed E-state index contributed by atoms with van der Waals surface area (Å²) in [5.41, 5.74) is 4.03. The minimum Gasteiger partial charge on any atom is -0.299 e. The monoisotopic (exact) mass is 219 g/mol. The maximum Gasteiger partial charge on any atom is 0.137 e. The lowest BCUT2D eigenvalue weighted by Gasteiger charge is -1.99. The summed E-state index contributed by atoms with van der Waals surface area (Å²) < 4.78 is 2.11. The van der Waals surface area contributed by atoms with Crippen molar-refractivity contribution in [2.75, 3.05) is 0 Å². The third-order valence-corrected chi connectivity index (χ3v) is 3.04. The molecule has 3 heteroatoms.